The minimum Gasteiger partial charge on any atom is -0.497 e. The molecule has 146 valence electrons. The van der Waals surface area contributed by atoms with Crippen molar-refractivity contribution >= 4 is 11.9 Å². The van der Waals surface area contributed by atoms with Crippen LogP contribution in [0.5, 0.6) is 11.5 Å². The maximum Gasteiger partial charge on any atom is 0.280 e. The van der Waals surface area contributed by atoms with E-state index in [1.165, 1.54) is 0 Å². The Balaban J connectivity index is 1.51. The summed E-state index contributed by atoms with van der Waals surface area (Å²) in [7, 11) is 3.12. The molecule has 0 saturated heterocycles. The lowest BCUT2D eigenvalue weighted by molar-refractivity contribution is 0.101. The molecule has 1 amide bonds. The number of hydrogen-bond acceptors (Lipinski definition) is 7. The molecule has 0 atom stereocenters. The first-order chi connectivity index (χ1) is 14.2. The number of nitrogens with zero attached hydrogens (tertiary/aromatic N) is 3. The molecule has 9 nitrogen and oxygen atoms in total. The molecule has 0 fully saturated rings. The summed E-state index contributed by atoms with van der Waals surface area (Å²) < 4.78 is 15.8. The second kappa shape index (κ2) is 7.85. The zero-order valence-corrected chi connectivity index (χ0v) is 15.7. The third kappa shape index (κ3) is 3.79. The number of aromatic nitrogens is 4. The summed E-state index contributed by atoms with van der Waals surface area (Å²) in [5.41, 5.74) is 1.62. The van der Waals surface area contributed by atoms with Crippen LogP contribution in [0, 0.1) is 0 Å². The van der Waals surface area contributed by atoms with Crippen molar-refractivity contribution in [2.45, 2.75) is 0 Å². The lowest BCUT2D eigenvalue weighted by Gasteiger charge is -2.07. The number of ether oxygens (including phenoxy) is 2. The molecule has 0 aliphatic carbocycles. The van der Waals surface area contributed by atoms with Crippen molar-refractivity contribution in [2.75, 3.05) is 19.5 Å². The second-order valence-corrected chi connectivity index (χ2v) is 5.97. The fourth-order valence-corrected chi connectivity index (χ4v) is 2.72. The molecule has 2 aromatic heterocycles. The first kappa shape index (κ1) is 18.2. The minimum atomic E-state index is -0.483. The highest BCUT2D eigenvalue weighted by Gasteiger charge is 2.17. The summed E-state index contributed by atoms with van der Waals surface area (Å²) >= 11 is 0. The fourth-order valence-electron chi connectivity index (χ4n) is 2.72. The fraction of sp³-hybridized carbons (Fsp3) is 0.100. The van der Waals surface area contributed by atoms with E-state index in [-0.39, 0.29) is 11.6 Å². The van der Waals surface area contributed by atoms with E-state index in [2.05, 4.69) is 25.7 Å². The lowest BCUT2D eigenvalue weighted by Crippen LogP contribution is -2.13. The molecule has 0 saturated carbocycles. The van der Waals surface area contributed by atoms with Crippen molar-refractivity contribution in [3.05, 3.63) is 60.3 Å². The van der Waals surface area contributed by atoms with Gasteiger partial charge in [-0.15, -0.1) is 5.10 Å². The van der Waals surface area contributed by atoms with Gasteiger partial charge in [-0.05, 0) is 12.1 Å². The van der Waals surface area contributed by atoms with Crippen molar-refractivity contribution in [1.29, 1.82) is 0 Å². The molecular weight excluding hydrogens is 374 g/mol. The Morgan fingerprint density at radius 3 is 2.66 bits per heavy atom. The summed E-state index contributed by atoms with van der Waals surface area (Å²) in [6, 6.07) is 16.2. The number of carbonyl (C=O) groups is 1. The molecule has 2 heterocycles. The highest BCUT2D eigenvalue weighted by atomic mass is 16.5. The third-order valence-corrected chi connectivity index (χ3v) is 4.18. The van der Waals surface area contributed by atoms with E-state index in [1.807, 2.05) is 30.3 Å². The van der Waals surface area contributed by atoms with Crippen LogP contribution < -0.4 is 14.8 Å². The quantitative estimate of drug-likeness (QED) is 0.517. The molecule has 4 aromatic rings. The summed E-state index contributed by atoms with van der Waals surface area (Å²) in [6.45, 7) is 0. The van der Waals surface area contributed by atoms with Gasteiger partial charge in [-0.25, -0.2) is 0 Å². The van der Waals surface area contributed by atoms with Gasteiger partial charge in [0.05, 0.1) is 19.8 Å². The van der Waals surface area contributed by atoms with Crippen molar-refractivity contribution < 1.29 is 18.8 Å². The standard InChI is InChI=1S/C20H17N5O4/c1-27-13-8-9-14(17(10-13)28-2)18-21-20(24-23-18)22-19(26)15-11-16(29-25-15)12-6-4-3-5-7-12/h3-11H,1-2H3,(H2,21,22,23,24,26). The van der Waals surface area contributed by atoms with Gasteiger partial charge in [0.2, 0.25) is 5.95 Å². The van der Waals surface area contributed by atoms with Gasteiger partial charge in [-0.1, -0.05) is 35.5 Å². The zero-order chi connectivity index (χ0) is 20.2. The molecule has 4 rings (SSSR count). The number of H-pyrrole nitrogens is 1. The van der Waals surface area contributed by atoms with Gasteiger partial charge in [0, 0.05) is 17.7 Å². The predicted molar refractivity (Wildman–Crippen MR) is 105 cm³/mol. The van der Waals surface area contributed by atoms with Gasteiger partial charge in [0.1, 0.15) is 11.5 Å². The van der Waals surface area contributed by atoms with E-state index < -0.39 is 5.91 Å². The van der Waals surface area contributed by atoms with Crippen LogP contribution in [0.2, 0.25) is 0 Å². The van der Waals surface area contributed by atoms with Crippen LogP contribution in [-0.4, -0.2) is 40.5 Å². The Morgan fingerprint density at radius 1 is 1.07 bits per heavy atom. The van der Waals surface area contributed by atoms with E-state index in [9.17, 15) is 4.79 Å². The number of benzene rings is 2. The number of anilines is 1. The van der Waals surface area contributed by atoms with Crippen LogP contribution in [0.3, 0.4) is 0 Å². The maximum absolute atomic E-state index is 12.4. The number of aromatic amines is 1. The number of rotatable bonds is 6. The molecule has 0 radical (unpaired) electrons. The highest BCUT2D eigenvalue weighted by molar-refractivity contribution is 6.02. The molecule has 29 heavy (non-hydrogen) atoms. The van der Waals surface area contributed by atoms with E-state index in [0.717, 1.165) is 5.56 Å². The number of nitrogens with one attached hydrogen (secondary N) is 2. The van der Waals surface area contributed by atoms with Crippen LogP contribution in [0.15, 0.2) is 59.1 Å². The van der Waals surface area contributed by atoms with Crippen LogP contribution in [0.25, 0.3) is 22.7 Å². The number of amides is 1. The molecule has 0 aliphatic heterocycles. The molecular formula is C20H17N5O4. The molecule has 0 aliphatic rings. The smallest absolute Gasteiger partial charge is 0.280 e. The summed E-state index contributed by atoms with van der Waals surface area (Å²) in [4.78, 5) is 16.7. The molecule has 0 spiro atoms. The van der Waals surface area contributed by atoms with E-state index in [4.69, 9.17) is 14.0 Å². The zero-order valence-electron chi connectivity index (χ0n) is 15.7. The molecule has 9 heteroatoms. The first-order valence-corrected chi connectivity index (χ1v) is 8.66. The van der Waals surface area contributed by atoms with Crippen LogP contribution in [0.4, 0.5) is 5.95 Å². The van der Waals surface area contributed by atoms with Gasteiger partial charge in [-0.2, -0.15) is 4.98 Å². The van der Waals surface area contributed by atoms with Gasteiger partial charge < -0.3 is 14.0 Å². The Labute approximate surface area is 165 Å². The largest absolute Gasteiger partial charge is 0.497 e. The number of methoxy groups -OCH3 is 2. The molecule has 2 N–H and O–H groups in total. The van der Waals surface area contributed by atoms with Crippen LogP contribution in [-0.2, 0) is 0 Å². The van der Waals surface area contributed by atoms with E-state index in [0.29, 0.717) is 28.6 Å². The van der Waals surface area contributed by atoms with E-state index in [1.54, 1.807) is 38.5 Å². The average molecular weight is 391 g/mol. The minimum absolute atomic E-state index is 0.104. The average Bonchev–Trinajstić information content (AvgIpc) is 3.44. The molecule has 0 bridgehead atoms. The maximum atomic E-state index is 12.4. The number of hydrogen-bond donors (Lipinski definition) is 2. The summed E-state index contributed by atoms with van der Waals surface area (Å²) in [5.74, 6) is 1.76. The van der Waals surface area contributed by atoms with Crippen LogP contribution >= 0.6 is 0 Å². The Morgan fingerprint density at radius 2 is 1.90 bits per heavy atom. The summed E-state index contributed by atoms with van der Waals surface area (Å²) in [5, 5.41) is 13.2. The topological polar surface area (TPSA) is 115 Å². The second-order valence-electron chi connectivity index (χ2n) is 5.97. The highest BCUT2D eigenvalue weighted by Crippen LogP contribution is 2.31. The normalized spacial score (nSPS) is 10.6. The monoisotopic (exact) mass is 391 g/mol. The SMILES string of the molecule is COc1ccc(-c2nc(NC(=O)c3cc(-c4ccccc4)on3)n[nH]2)c(OC)c1. The molecule has 0 unspecified atom stereocenters. The Hall–Kier alpha value is -4.14. The third-order valence-electron chi connectivity index (χ3n) is 4.18. The summed E-state index contributed by atoms with van der Waals surface area (Å²) in [6.07, 6.45) is 0. The van der Waals surface area contributed by atoms with Gasteiger partial charge in [0.25, 0.3) is 5.91 Å². The Kier molecular flexibility index (Phi) is 4.93. The van der Waals surface area contributed by atoms with Crippen LogP contribution in [0.1, 0.15) is 10.5 Å². The van der Waals surface area contributed by atoms with Gasteiger partial charge in [-0.3, -0.25) is 15.2 Å². The van der Waals surface area contributed by atoms with Gasteiger partial charge >= 0.3 is 0 Å². The van der Waals surface area contributed by atoms with Crippen molar-refractivity contribution in [3.63, 3.8) is 0 Å². The Bertz CT molecular complexity index is 1140. The first-order valence-electron chi connectivity index (χ1n) is 8.66. The van der Waals surface area contributed by atoms with Crippen molar-refractivity contribution in [2.24, 2.45) is 0 Å². The molecule has 2 aromatic carbocycles. The van der Waals surface area contributed by atoms with Crippen molar-refractivity contribution in [1.82, 2.24) is 20.3 Å². The number of carbonyl (C=O) groups excluding carboxylic acids is 1. The lowest BCUT2D eigenvalue weighted by atomic mass is 10.1. The van der Waals surface area contributed by atoms with Gasteiger partial charge in [0.15, 0.2) is 17.3 Å². The van der Waals surface area contributed by atoms with Crippen molar-refractivity contribution in [3.8, 4) is 34.2 Å². The predicted octanol–water partition coefficient (Wildman–Crippen LogP) is 3.40. The van der Waals surface area contributed by atoms with E-state index >= 15 is 0 Å².